The van der Waals surface area contributed by atoms with Gasteiger partial charge in [-0.1, -0.05) is 6.08 Å². The van der Waals surface area contributed by atoms with E-state index in [1.54, 1.807) is 20.8 Å². The molecule has 1 aliphatic heterocycles. The van der Waals surface area contributed by atoms with E-state index in [1.165, 1.54) is 0 Å². The van der Waals surface area contributed by atoms with E-state index in [0.717, 1.165) is 24.7 Å². The molecule has 0 aromatic heterocycles. The van der Waals surface area contributed by atoms with Crippen LogP contribution in [0.15, 0.2) is 11.5 Å². The maximum absolute atomic E-state index is 11.9. The van der Waals surface area contributed by atoms with Crippen molar-refractivity contribution in [1.29, 1.82) is 0 Å². The largest absolute Gasteiger partial charge is 0.490 e. The van der Waals surface area contributed by atoms with Crippen molar-refractivity contribution in [2.24, 2.45) is 5.92 Å². The van der Waals surface area contributed by atoms with Crippen molar-refractivity contribution in [1.82, 2.24) is 5.32 Å². The van der Waals surface area contributed by atoms with Crippen molar-refractivity contribution in [3.8, 4) is 0 Å². The molecular weight excluding hydrogens is 361 g/mol. The van der Waals surface area contributed by atoms with E-state index in [4.69, 9.17) is 14.0 Å². The highest BCUT2D eigenvalue weighted by atomic mass is 16.7. The lowest BCUT2D eigenvalue weighted by Gasteiger charge is -2.32. The van der Waals surface area contributed by atoms with Crippen molar-refractivity contribution >= 4 is 19.2 Å². The number of carbonyl (C=O) groups is 2. The van der Waals surface area contributed by atoms with Gasteiger partial charge in [0.2, 0.25) is 0 Å². The second-order valence-corrected chi connectivity index (χ2v) is 9.78. The first-order chi connectivity index (χ1) is 12.7. The first kappa shape index (κ1) is 22.8. The number of nitrogens with one attached hydrogen (secondary N) is 1. The number of carbonyl (C=O) groups excluding carboxylic acids is 1. The molecule has 1 amide bonds. The normalized spacial score (nSPS) is 25.0. The number of ether oxygens (including phenoxy) is 1. The Labute approximate surface area is 168 Å². The highest BCUT2D eigenvalue weighted by Crippen LogP contribution is 2.41. The van der Waals surface area contributed by atoms with Crippen LogP contribution in [-0.4, -0.2) is 47.1 Å². The summed E-state index contributed by atoms with van der Waals surface area (Å²) in [4.78, 5) is 23.5. The fourth-order valence-electron chi connectivity index (χ4n) is 3.34. The molecule has 1 fully saturated rings. The van der Waals surface area contributed by atoms with E-state index in [1.807, 2.05) is 27.7 Å². The van der Waals surface area contributed by atoms with E-state index < -0.39 is 23.7 Å². The summed E-state index contributed by atoms with van der Waals surface area (Å²) in [6.45, 7) is 13.3. The zero-order chi connectivity index (χ0) is 21.3. The van der Waals surface area contributed by atoms with E-state index in [2.05, 4.69) is 11.4 Å². The molecule has 0 spiro atoms. The zero-order valence-corrected chi connectivity index (χ0v) is 18.1. The number of carboxylic acids is 1. The topological polar surface area (TPSA) is 94.1 Å². The Morgan fingerprint density at radius 3 is 2.29 bits per heavy atom. The van der Waals surface area contributed by atoms with Crippen molar-refractivity contribution < 1.29 is 28.7 Å². The van der Waals surface area contributed by atoms with E-state index in [-0.39, 0.29) is 24.2 Å². The molecule has 1 saturated heterocycles. The predicted octanol–water partition coefficient (Wildman–Crippen LogP) is 3.71. The minimum Gasteiger partial charge on any atom is -0.480 e. The van der Waals surface area contributed by atoms with Crippen LogP contribution in [0.1, 0.15) is 74.1 Å². The van der Waals surface area contributed by atoms with Crippen LogP contribution < -0.4 is 5.32 Å². The molecule has 28 heavy (non-hydrogen) atoms. The molecule has 1 heterocycles. The third kappa shape index (κ3) is 5.73. The van der Waals surface area contributed by atoms with E-state index in [9.17, 15) is 14.7 Å². The highest BCUT2D eigenvalue weighted by molar-refractivity contribution is 6.54. The average molecular weight is 395 g/mol. The summed E-state index contributed by atoms with van der Waals surface area (Å²) in [6, 6.07) is -0.966. The number of amides is 1. The molecule has 2 rings (SSSR count). The van der Waals surface area contributed by atoms with Gasteiger partial charge in [0.05, 0.1) is 11.2 Å². The Bertz CT molecular complexity index is 621. The van der Waals surface area contributed by atoms with Crippen LogP contribution in [0.25, 0.3) is 0 Å². The number of rotatable bonds is 5. The quantitative estimate of drug-likeness (QED) is 0.690. The fraction of sp³-hybridized carbons (Fsp3) is 0.800. The van der Waals surface area contributed by atoms with Crippen molar-refractivity contribution in [2.75, 3.05) is 0 Å². The Morgan fingerprint density at radius 1 is 1.29 bits per heavy atom. The minimum absolute atomic E-state index is 0.169. The van der Waals surface area contributed by atoms with Gasteiger partial charge in [-0.2, -0.15) is 0 Å². The maximum atomic E-state index is 11.9. The van der Waals surface area contributed by atoms with Gasteiger partial charge >= 0.3 is 19.2 Å². The molecule has 0 aromatic rings. The summed E-state index contributed by atoms with van der Waals surface area (Å²) in [5.41, 5.74) is -0.303. The van der Waals surface area contributed by atoms with Gasteiger partial charge in [0, 0.05) is 0 Å². The second kappa shape index (κ2) is 8.07. The van der Waals surface area contributed by atoms with E-state index >= 15 is 0 Å². The van der Waals surface area contributed by atoms with Gasteiger partial charge < -0.3 is 24.5 Å². The number of carboxylic acid groups (broad SMARTS) is 1. The number of aliphatic carboxylic acids is 1. The molecule has 2 N–H and O–H groups in total. The van der Waals surface area contributed by atoms with Crippen LogP contribution in [0, 0.1) is 5.92 Å². The van der Waals surface area contributed by atoms with E-state index in [0.29, 0.717) is 6.42 Å². The molecule has 8 heteroatoms. The first-order valence-electron chi connectivity index (χ1n) is 9.97. The standard InChI is InChI=1S/C20H34BNO6/c1-18(2,3)26-17(25)22-15(16(23)24)12-13-8-10-14(11-9-13)21-27-19(4,5)20(6,7)28-21/h10,13,15H,8-9,11-12H2,1-7H3,(H,22,25)(H,23,24). The molecule has 0 radical (unpaired) electrons. The summed E-state index contributed by atoms with van der Waals surface area (Å²) in [5.74, 6) is -0.881. The molecule has 0 aromatic carbocycles. The Kier molecular flexibility index (Phi) is 6.56. The van der Waals surface area contributed by atoms with Crippen LogP contribution >= 0.6 is 0 Å². The molecule has 0 saturated carbocycles. The smallest absolute Gasteiger partial charge is 0.480 e. The van der Waals surface area contributed by atoms with Gasteiger partial charge in [-0.25, -0.2) is 9.59 Å². The number of allylic oxidation sites excluding steroid dienone is 2. The lowest BCUT2D eigenvalue weighted by atomic mass is 9.70. The summed E-state index contributed by atoms with van der Waals surface area (Å²) in [6.07, 6.45) is 4.11. The highest BCUT2D eigenvalue weighted by Gasteiger charge is 2.52. The maximum Gasteiger partial charge on any atom is 0.490 e. The molecule has 0 bridgehead atoms. The molecule has 158 valence electrons. The molecular formula is C20H34BNO6. The second-order valence-electron chi connectivity index (χ2n) is 9.78. The summed E-state index contributed by atoms with van der Waals surface area (Å²) in [7, 11) is -0.346. The van der Waals surface area contributed by atoms with Gasteiger partial charge in [0.25, 0.3) is 0 Å². The predicted molar refractivity (Wildman–Crippen MR) is 107 cm³/mol. The summed E-state index contributed by atoms with van der Waals surface area (Å²) >= 11 is 0. The third-order valence-electron chi connectivity index (χ3n) is 5.67. The molecule has 2 unspecified atom stereocenters. The SMILES string of the molecule is CC(C)(C)OC(=O)NC(CC1CC=C(B2OC(C)(C)C(C)(C)O2)CC1)C(=O)O. The Hall–Kier alpha value is -1.54. The van der Waals surface area contributed by atoms with Crippen molar-refractivity contribution in [2.45, 2.75) is 97.0 Å². The molecule has 1 aliphatic carbocycles. The molecule has 2 atom stereocenters. The number of alkyl carbamates (subject to hydrolysis) is 1. The zero-order valence-electron chi connectivity index (χ0n) is 18.1. The van der Waals surface area contributed by atoms with Crippen LogP contribution in [-0.2, 0) is 18.8 Å². The monoisotopic (exact) mass is 395 g/mol. The van der Waals surface area contributed by atoms with Gasteiger partial charge in [-0.05, 0) is 85.5 Å². The van der Waals surface area contributed by atoms with Crippen LogP contribution in [0.4, 0.5) is 4.79 Å². The third-order valence-corrected chi connectivity index (χ3v) is 5.67. The lowest BCUT2D eigenvalue weighted by Crippen LogP contribution is -2.44. The van der Waals surface area contributed by atoms with Gasteiger partial charge in [0.15, 0.2) is 0 Å². The van der Waals surface area contributed by atoms with Gasteiger partial charge in [-0.3, -0.25) is 0 Å². The average Bonchev–Trinajstić information content (AvgIpc) is 2.73. The van der Waals surface area contributed by atoms with Crippen LogP contribution in [0.5, 0.6) is 0 Å². The number of hydrogen-bond acceptors (Lipinski definition) is 5. The lowest BCUT2D eigenvalue weighted by molar-refractivity contribution is -0.140. The van der Waals surface area contributed by atoms with Gasteiger partial charge in [0.1, 0.15) is 11.6 Å². The molecule has 2 aliphatic rings. The van der Waals surface area contributed by atoms with Crippen LogP contribution in [0.3, 0.4) is 0 Å². The minimum atomic E-state index is -1.05. The number of hydrogen-bond donors (Lipinski definition) is 2. The van der Waals surface area contributed by atoms with Gasteiger partial charge in [-0.15, -0.1) is 0 Å². The fourth-order valence-corrected chi connectivity index (χ4v) is 3.34. The molecule has 7 nitrogen and oxygen atoms in total. The van der Waals surface area contributed by atoms with Crippen LogP contribution in [0.2, 0.25) is 0 Å². The van der Waals surface area contributed by atoms with Crippen molar-refractivity contribution in [3.63, 3.8) is 0 Å². The summed E-state index contributed by atoms with van der Waals surface area (Å²) < 4.78 is 17.4. The first-order valence-corrected chi connectivity index (χ1v) is 9.97. The Balaban J connectivity index is 1.92. The Morgan fingerprint density at radius 2 is 1.86 bits per heavy atom. The summed E-state index contributed by atoms with van der Waals surface area (Å²) in [5, 5.41) is 11.9. The van der Waals surface area contributed by atoms with Crippen molar-refractivity contribution in [3.05, 3.63) is 11.5 Å².